The number of hydrogen-bond acceptors (Lipinski definition) is 1. The van der Waals surface area contributed by atoms with Crippen LogP contribution in [0.15, 0.2) is 42.1 Å². The van der Waals surface area contributed by atoms with Gasteiger partial charge in [0.25, 0.3) is 0 Å². The molecule has 2 rings (SSSR count). The molecule has 1 aromatic carbocycles. The van der Waals surface area contributed by atoms with Crippen LogP contribution in [-0.4, -0.2) is 19.0 Å². The summed E-state index contributed by atoms with van der Waals surface area (Å²) < 4.78 is 9.36. The van der Waals surface area contributed by atoms with Crippen LogP contribution in [0, 0.1) is 0 Å². The van der Waals surface area contributed by atoms with Crippen LogP contribution in [0.3, 0.4) is 0 Å². The van der Waals surface area contributed by atoms with Crippen LogP contribution < -0.4 is 15.0 Å². The number of aryl methyl sites for hydroxylation is 2. The lowest BCUT2D eigenvalue weighted by Crippen LogP contribution is -2.49. The SMILES string of the molecule is COc1ccc(/C=C(/C)[B-]c2n(C)cc[n+]2C)cc1. The Kier molecular flexibility index (Phi) is 4.10. The van der Waals surface area contributed by atoms with Gasteiger partial charge in [0.05, 0.1) is 21.2 Å². The second-order valence-corrected chi connectivity index (χ2v) is 4.68. The minimum absolute atomic E-state index is 0.882. The Morgan fingerprint density at radius 1 is 1.32 bits per heavy atom. The molecule has 0 unspecified atom stereocenters. The van der Waals surface area contributed by atoms with Crippen molar-refractivity contribution in [2.75, 3.05) is 7.11 Å². The smallest absolute Gasteiger partial charge is 0.125 e. The van der Waals surface area contributed by atoms with Gasteiger partial charge in [0, 0.05) is 5.72 Å². The van der Waals surface area contributed by atoms with Gasteiger partial charge in [-0.15, -0.1) is 0 Å². The zero-order valence-electron chi connectivity index (χ0n) is 11.9. The summed E-state index contributed by atoms with van der Waals surface area (Å²) in [7, 11) is 7.95. The lowest BCUT2D eigenvalue weighted by Gasteiger charge is -2.14. The second-order valence-electron chi connectivity index (χ2n) is 4.68. The van der Waals surface area contributed by atoms with Crippen molar-refractivity contribution in [2.24, 2.45) is 14.1 Å². The van der Waals surface area contributed by atoms with Gasteiger partial charge in [-0.1, -0.05) is 25.1 Å². The summed E-state index contributed by atoms with van der Waals surface area (Å²) in [5.41, 5.74) is 3.55. The van der Waals surface area contributed by atoms with E-state index in [9.17, 15) is 0 Å². The summed E-state index contributed by atoms with van der Waals surface area (Å²) in [4.78, 5) is 0. The first-order valence-electron chi connectivity index (χ1n) is 6.28. The molecule has 0 bridgehead atoms. The fraction of sp³-hybridized carbons (Fsp3) is 0.267. The topological polar surface area (TPSA) is 18.0 Å². The maximum absolute atomic E-state index is 5.16. The number of aromatic nitrogens is 2. The van der Waals surface area contributed by atoms with E-state index in [0.29, 0.717) is 0 Å². The Morgan fingerprint density at radius 2 is 2.00 bits per heavy atom. The third-order valence-corrected chi connectivity index (χ3v) is 3.10. The summed E-state index contributed by atoms with van der Waals surface area (Å²) in [6, 6.07) is 8.06. The third-order valence-electron chi connectivity index (χ3n) is 3.10. The molecule has 0 atom stereocenters. The van der Waals surface area contributed by atoms with E-state index in [2.05, 4.69) is 41.5 Å². The predicted octanol–water partition coefficient (Wildman–Crippen LogP) is 1.25. The number of hydrogen-bond donors (Lipinski definition) is 0. The van der Waals surface area contributed by atoms with E-state index in [-0.39, 0.29) is 0 Å². The molecule has 0 N–H and O–H groups in total. The maximum atomic E-state index is 5.16. The van der Waals surface area contributed by atoms with E-state index in [1.165, 1.54) is 16.8 Å². The van der Waals surface area contributed by atoms with Gasteiger partial charge in [-0.2, -0.15) is 7.28 Å². The second kappa shape index (κ2) is 5.78. The van der Waals surface area contributed by atoms with Crippen LogP contribution in [0.25, 0.3) is 6.08 Å². The largest absolute Gasteiger partial charge is 0.497 e. The molecule has 0 aliphatic rings. The van der Waals surface area contributed by atoms with Crippen molar-refractivity contribution in [3.63, 3.8) is 0 Å². The van der Waals surface area contributed by atoms with Gasteiger partial charge in [-0.05, 0) is 17.7 Å². The van der Waals surface area contributed by atoms with E-state index >= 15 is 0 Å². The number of rotatable bonds is 4. The maximum Gasteiger partial charge on any atom is 0.125 e. The van der Waals surface area contributed by atoms with Crippen LogP contribution in [0.4, 0.5) is 0 Å². The van der Waals surface area contributed by atoms with Gasteiger partial charge in [0.15, 0.2) is 0 Å². The summed E-state index contributed by atoms with van der Waals surface area (Å²) in [5.74, 6) is 0.882. The first-order valence-corrected chi connectivity index (χ1v) is 6.28. The Balaban J connectivity index is 2.14. The minimum atomic E-state index is 0.882. The third kappa shape index (κ3) is 3.28. The van der Waals surface area contributed by atoms with E-state index in [4.69, 9.17) is 4.74 Å². The van der Waals surface area contributed by atoms with Crippen molar-refractivity contribution in [1.29, 1.82) is 0 Å². The highest BCUT2D eigenvalue weighted by molar-refractivity contribution is 6.59. The van der Waals surface area contributed by atoms with Crippen LogP contribution in [0.5, 0.6) is 5.75 Å². The lowest BCUT2D eigenvalue weighted by molar-refractivity contribution is -0.652. The molecular formula is C15H19BN2O. The van der Waals surface area contributed by atoms with Crippen molar-refractivity contribution in [2.45, 2.75) is 6.92 Å². The molecule has 1 aromatic heterocycles. The molecule has 2 aromatic rings. The summed E-state index contributed by atoms with van der Waals surface area (Å²) in [5, 5.41) is 0. The summed E-state index contributed by atoms with van der Waals surface area (Å²) in [6.45, 7) is 2.11. The fourth-order valence-corrected chi connectivity index (χ4v) is 2.01. The molecule has 0 aliphatic heterocycles. The quantitative estimate of drug-likeness (QED) is 0.593. The number of imidazole rings is 1. The average Bonchev–Trinajstić information content (AvgIpc) is 2.71. The molecule has 19 heavy (non-hydrogen) atoms. The van der Waals surface area contributed by atoms with Crippen LogP contribution in [0.2, 0.25) is 0 Å². The highest BCUT2D eigenvalue weighted by atomic mass is 16.5. The van der Waals surface area contributed by atoms with E-state index in [1.54, 1.807) is 7.11 Å². The molecule has 2 radical (unpaired) electrons. The number of ether oxygens (including phenoxy) is 1. The molecule has 0 saturated carbocycles. The number of benzene rings is 1. The Labute approximate surface area is 115 Å². The van der Waals surface area contributed by atoms with Crippen molar-refractivity contribution in [1.82, 2.24) is 4.57 Å². The van der Waals surface area contributed by atoms with Gasteiger partial charge < -0.3 is 4.74 Å². The van der Waals surface area contributed by atoms with E-state index in [1.807, 2.05) is 38.6 Å². The highest BCUT2D eigenvalue weighted by Crippen LogP contribution is 2.13. The van der Waals surface area contributed by atoms with Crippen molar-refractivity contribution in [3.8, 4) is 5.75 Å². The molecule has 4 heteroatoms. The van der Waals surface area contributed by atoms with Crippen molar-refractivity contribution >= 4 is 19.1 Å². The zero-order chi connectivity index (χ0) is 13.8. The standard InChI is InChI=1S/C15H19BN2O/c1-12(16-15-17(2)9-10-18(15)3)11-13-5-7-14(19-4)8-6-13/h5-11H,1-4H3/b12-11-. The molecular weight excluding hydrogens is 235 g/mol. The van der Waals surface area contributed by atoms with Gasteiger partial charge >= 0.3 is 0 Å². The lowest BCUT2D eigenvalue weighted by atomic mass is 9.68. The zero-order valence-corrected chi connectivity index (χ0v) is 11.9. The molecule has 0 amide bonds. The predicted molar refractivity (Wildman–Crippen MR) is 78.6 cm³/mol. The summed E-state index contributed by atoms with van der Waals surface area (Å²) >= 11 is 0. The molecule has 0 spiro atoms. The summed E-state index contributed by atoms with van der Waals surface area (Å²) in [6.07, 6.45) is 6.26. The van der Waals surface area contributed by atoms with E-state index in [0.717, 1.165) is 5.75 Å². The van der Waals surface area contributed by atoms with Crippen LogP contribution >= 0.6 is 0 Å². The highest BCUT2D eigenvalue weighted by Gasteiger charge is 1.98. The van der Waals surface area contributed by atoms with Gasteiger partial charge in [0.1, 0.15) is 18.1 Å². The van der Waals surface area contributed by atoms with Gasteiger partial charge in [0.2, 0.25) is 0 Å². The Bertz CT molecular complexity index is 565. The van der Waals surface area contributed by atoms with Crippen molar-refractivity contribution in [3.05, 3.63) is 47.7 Å². The Morgan fingerprint density at radius 3 is 2.53 bits per heavy atom. The Hall–Kier alpha value is -1.97. The molecule has 0 aliphatic carbocycles. The van der Waals surface area contributed by atoms with Crippen molar-refractivity contribution < 1.29 is 9.30 Å². The first kappa shape index (κ1) is 13.5. The number of methoxy groups -OCH3 is 1. The number of allylic oxidation sites excluding steroid dienone is 1. The molecule has 0 fully saturated rings. The average molecular weight is 254 g/mol. The molecule has 3 nitrogen and oxygen atoms in total. The van der Waals surface area contributed by atoms with Gasteiger partial charge in [-0.3, -0.25) is 14.6 Å². The molecule has 1 heterocycles. The first-order chi connectivity index (χ1) is 9.10. The van der Waals surface area contributed by atoms with Crippen LogP contribution in [0.1, 0.15) is 12.5 Å². The van der Waals surface area contributed by atoms with Crippen LogP contribution in [-0.2, 0) is 14.1 Å². The fourth-order valence-electron chi connectivity index (χ4n) is 2.01. The minimum Gasteiger partial charge on any atom is -0.497 e. The van der Waals surface area contributed by atoms with E-state index < -0.39 is 0 Å². The normalized spacial score (nSPS) is 11.7. The molecule has 0 saturated heterocycles. The number of nitrogens with zero attached hydrogens (tertiary/aromatic N) is 2. The molecule has 98 valence electrons. The monoisotopic (exact) mass is 254 g/mol. The van der Waals surface area contributed by atoms with Gasteiger partial charge in [-0.25, -0.2) is 0 Å².